The van der Waals surface area contributed by atoms with Crippen LogP contribution < -0.4 is 11.1 Å². The second kappa shape index (κ2) is 7.52. The highest BCUT2D eigenvalue weighted by atomic mass is 35.5. The van der Waals surface area contributed by atoms with Crippen LogP contribution in [0.25, 0.3) is 0 Å². The van der Waals surface area contributed by atoms with E-state index < -0.39 is 22.7 Å². The number of nitrogens with zero attached hydrogens (tertiary/aromatic N) is 1. The van der Waals surface area contributed by atoms with Crippen LogP contribution >= 0.6 is 11.6 Å². The number of alkyl halides is 3. The van der Waals surface area contributed by atoms with Gasteiger partial charge >= 0.3 is 6.18 Å². The van der Waals surface area contributed by atoms with Crippen LogP contribution in [0.2, 0.25) is 5.02 Å². The van der Waals surface area contributed by atoms with E-state index in [4.69, 9.17) is 17.3 Å². The quantitative estimate of drug-likeness (QED) is 0.805. The van der Waals surface area contributed by atoms with Crippen molar-refractivity contribution < 1.29 is 18.0 Å². The predicted molar refractivity (Wildman–Crippen MR) is 98.3 cm³/mol. The fraction of sp³-hybridized carbons (Fsp3) is 0.211. The number of para-hydroxylation sites is 1. The lowest BCUT2D eigenvalue weighted by molar-refractivity contribution is -0.137. The third kappa shape index (κ3) is 4.19. The van der Waals surface area contributed by atoms with Crippen molar-refractivity contribution in [3.05, 3.63) is 76.1 Å². The minimum atomic E-state index is -4.62. The second-order valence-electron chi connectivity index (χ2n) is 6.14. The fourth-order valence-corrected chi connectivity index (χ4v) is 3.20. The Bertz CT molecular complexity index is 882. The Kier molecular flexibility index (Phi) is 5.32. The number of carbonyl (C=O) groups excluding carboxylic acids is 1. The first-order valence-electron chi connectivity index (χ1n) is 8.22. The van der Waals surface area contributed by atoms with Crippen molar-refractivity contribution in [3.63, 3.8) is 0 Å². The molecule has 1 heterocycles. The molecule has 3 N–H and O–H groups in total. The number of nitrogens with two attached hydrogens (primary N) is 1. The molecule has 0 spiro atoms. The van der Waals surface area contributed by atoms with Crippen LogP contribution in [0.4, 0.5) is 18.9 Å². The molecule has 0 atom stereocenters. The summed E-state index contributed by atoms with van der Waals surface area (Å²) >= 11 is 5.86. The van der Waals surface area contributed by atoms with Crippen LogP contribution in [0.1, 0.15) is 22.3 Å². The number of rotatable bonds is 3. The lowest BCUT2D eigenvalue weighted by Crippen LogP contribution is -2.40. The Labute approximate surface area is 159 Å². The first kappa shape index (κ1) is 19.1. The summed E-state index contributed by atoms with van der Waals surface area (Å²) in [6.45, 7) is 0.432. The van der Waals surface area contributed by atoms with Gasteiger partial charge in [-0.05, 0) is 24.3 Å². The minimum Gasteiger partial charge on any atom is -0.399 e. The third-order valence-electron chi connectivity index (χ3n) is 4.27. The molecule has 0 radical (unpaired) electrons. The first-order chi connectivity index (χ1) is 12.8. The van der Waals surface area contributed by atoms with E-state index in [9.17, 15) is 18.0 Å². The van der Waals surface area contributed by atoms with Gasteiger partial charge in [-0.25, -0.2) is 0 Å². The summed E-state index contributed by atoms with van der Waals surface area (Å²) in [4.78, 5) is 14.1. The average molecular weight is 396 g/mol. The molecule has 0 saturated heterocycles. The summed E-state index contributed by atoms with van der Waals surface area (Å²) in [6, 6.07) is 12.8. The largest absolute Gasteiger partial charge is 0.417 e. The fourth-order valence-electron chi connectivity index (χ4n) is 2.89. The van der Waals surface area contributed by atoms with Gasteiger partial charge in [-0.1, -0.05) is 35.9 Å². The molecule has 142 valence electrons. The van der Waals surface area contributed by atoms with Gasteiger partial charge in [-0.3, -0.25) is 4.79 Å². The maximum absolute atomic E-state index is 13.0. The predicted octanol–water partition coefficient (Wildman–Crippen LogP) is 4.49. The number of amides is 1. The molecule has 27 heavy (non-hydrogen) atoms. The van der Waals surface area contributed by atoms with Gasteiger partial charge in [0.05, 0.1) is 22.7 Å². The van der Waals surface area contributed by atoms with E-state index in [0.717, 1.165) is 17.5 Å². The molecule has 2 aromatic rings. The molecule has 8 heteroatoms. The van der Waals surface area contributed by atoms with Crippen molar-refractivity contribution in [2.45, 2.75) is 12.6 Å². The highest BCUT2D eigenvalue weighted by Crippen LogP contribution is 2.36. The molecule has 0 bridgehead atoms. The van der Waals surface area contributed by atoms with E-state index in [1.807, 2.05) is 30.3 Å². The summed E-state index contributed by atoms with van der Waals surface area (Å²) in [7, 11) is 0. The number of hydrogen-bond acceptors (Lipinski definition) is 3. The van der Waals surface area contributed by atoms with Gasteiger partial charge in [-0.2, -0.15) is 13.2 Å². The lowest BCUT2D eigenvalue weighted by Gasteiger charge is -2.30. The highest BCUT2D eigenvalue weighted by molar-refractivity contribution is 6.34. The topological polar surface area (TPSA) is 58.4 Å². The molecule has 0 saturated carbocycles. The molecular weight excluding hydrogens is 379 g/mol. The van der Waals surface area contributed by atoms with Crippen LogP contribution in [-0.2, 0) is 6.18 Å². The number of hydrogen-bond donors (Lipinski definition) is 2. The number of carbonyl (C=O) groups is 1. The molecule has 0 fully saturated rings. The van der Waals surface area contributed by atoms with Crippen LogP contribution in [0.15, 0.2) is 59.9 Å². The van der Waals surface area contributed by atoms with Crippen LogP contribution in [0.5, 0.6) is 0 Å². The van der Waals surface area contributed by atoms with E-state index in [0.29, 0.717) is 18.7 Å². The van der Waals surface area contributed by atoms with Gasteiger partial charge in [0.2, 0.25) is 0 Å². The molecular formula is C19H17ClF3N3O. The summed E-state index contributed by atoms with van der Waals surface area (Å²) in [5, 5.41) is 2.62. The molecule has 1 amide bonds. The van der Waals surface area contributed by atoms with Crippen LogP contribution in [0.3, 0.4) is 0 Å². The van der Waals surface area contributed by atoms with Crippen LogP contribution in [-0.4, -0.2) is 23.9 Å². The standard InChI is InChI=1S/C19H17ClF3N3O/c20-17-13(7-4-8-14(17)19(21,22)23)18(27)26-10-9-16(15(24)11-26)25-12-5-2-1-3-6-12/h1-8,25H,9-11,24H2. The van der Waals surface area contributed by atoms with Crippen molar-refractivity contribution >= 4 is 23.2 Å². The van der Waals surface area contributed by atoms with Gasteiger partial charge in [0.25, 0.3) is 5.91 Å². The van der Waals surface area contributed by atoms with Crippen molar-refractivity contribution in [1.29, 1.82) is 0 Å². The molecule has 2 aromatic carbocycles. The average Bonchev–Trinajstić information content (AvgIpc) is 2.63. The monoisotopic (exact) mass is 395 g/mol. The maximum atomic E-state index is 13.0. The van der Waals surface area contributed by atoms with Crippen molar-refractivity contribution in [3.8, 4) is 0 Å². The summed E-state index contributed by atoms with van der Waals surface area (Å²) < 4.78 is 39.0. The maximum Gasteiger partial charge on any atom is 0.417 e. The second-order valence-corrected chi connectivity index (χ2v) is 6.51. The Hall–Kier alpha value is -2.67. The number of nitrogens with one attached hydrogen (secondary N) is 1. The van der Waals surface area contributed by atoms with Crippen molar-refractivity contribution in [2.75, 3.05) is 18.4 Å². The Balaban J connectivity index is 1.79. The van der Waals surface area contributed by atoms with E-state index in [1.54, 1.807) is 0 Å². The zero-order valence-electron chi connectivity index (χ0n) is 14.2. The molecule has 1 aliphatic heterocycles. The number of halogens is 4. The summed E-state index contributed by atoms with van der Waals surface area (Å²) in [5.41, 5.74) is 7.00. The molecule has 3 rings (SSSR count). The molecule has 0 aliphatic carbocycles. The Morgan fingerprint density at radius 3 is 2.44 bits per heavy atom. The molecule has 1 aliphatic rings. The van der Waals surface area contributed by atoms with E-state index in [-0.39, 0.29) is 12.1 Å². The summed E-state index contributed by atoms with van der Waals surface area (Å²) in [6.07, 6.45) is -4.16. The Morgan fingerprint density at radius 1 is 1.11 bits per heavy atom. The molecule has 4 nitrogen and oxygen atoms in total. The van der Waals surface area contributed by atoms with Crippen molar-refractivity contribution in [2.24, 2.45) is 5.73 Å². The van der Waals surface area contributed by atoms with Gasteiger partial charge in [0, 0.05) is 30.0 Å². The SMILES string of the molecule is NC1=C(Nc2ccccc2)CCN(C(=O)c2cccc(C(F)(F)F)c2Cl)C1. The number of anilines is 1. The zero-order chi connectivity index (χ0) is 19.6. The van der Waals surface area contributed by atoms with Crippen molar-refractivity contribution in [1.82, 2.24) is 4.90 Å². The van der Waals surface area contributed by atoms with Gasteiger partial charge in [0.15, 0.2) is 0 Å². The highest BCUT2D eigenvalue weighted by Gasteiger charge is 2.35. The minimum absolute atomic E-state index is 0.112. The van der Waals surface area contributed by atoms with Crippen LogP contribution in [0, 0.1) is 0 Å². The smallest absolute Gasteiger partial charge is 0.399 e. The number of benzene rings is 2. The third-order valence-corrected chi connectivity index (χ3v) is 4.68. The molecule has 0 aromatic heterocycles. The van der Waals surface area contributed by atoms with Gasteiger partial charge < -0.3 is 16.0 Å². The van der Waals surface area contributed by atoms with Gasteiger partial charge in [0.1, 0.15) is 0 Å². The van der Waals surface area contributed by atoms with E-state index in [2.05, 4.69) is 5.32 Å². The first-order valence-corrected chi connectivity index (χ1v) is 8.59. The van der Waals surface area contributed by atoms with E-state index >= 15 is 0 Å². The summed E-state index contributed by atoms with van der Waals surface area (Å²) in [5.74, 6) is -0.576. The Morgan fingerprint density at radius 2 is 1.81 bits per heavy atom. The van der Waals surface area contributed by atoms with Gasteiger partial charge in [-0.15, -0.1) is 0 Å². The molecule has 0 unspecified atom stereocenters. The normalized spacial score (nSPS) is 15.0. The lowest BCUT2D eigenvalue weighted by atomic mass is 10.1. The van der Waals surface area contributed by atoms with E-state index in [1.165, 1.54) is 17.0 Å². The zero-order valence-corrected chi connectivity index (χ0v) is 14.9.